The first kappa shape index (κ1) is 26.2. The molecule has 4 aromatic rings. The minimum atomic E-state index is -1.19. The number of aliphatic carboxylic acids is 1. The van der Waals surface area contributed by atoms with Crippen LogP contribution in [0.25, 0.3) is 11.1 Å². The van der Waals surface area contributed by atoms with Crippen molar-refractivity contribution in [3.63, 3.8) is 0 Å². The standard InChI is InChI=1S/C24H20F2N4O5S2/c1-13-27-21(35-29-13)9-30(10-23(31)32)24(33)19-12-37-22(28-19)11-34-15-5-3-14(4-6-15)16-7-17(25)18(26)8-20(16)36-2/h3-8,12H,9-11H2,1-2H3,(H,31,32). The van der Waals surface area contributed by atoms with Gasteiger partial charge in [0.05, 0.1) is 0 Å². The second kappa shape index (κ2) is 11.5. The quantitative estimate of drug-likeness (QED) is 0.280. The van der Waals surface area contributed by atoms with Crippen LogP contribution >= 0.6 is 23.1 Å². The second-order valence-corrected chi connectivity index (χ2v) is 9.49. The van der Waals surface area contributed by atoms with Crippen LogP contribution in [0, 0.1) is 18.6 Å². The lowest BCUT2D eigenvalue weighted by atomic mass is 10.1. The fourth-order valence-electron chi connectivity index (χ4n) is 3.37. The zero-order chi connectivity index (χ0) is 26.5. The molecule has 0 bridgehead atoms. The van der Waals surface area contributed by atoms with E-state index in [2.05, 4.69) is 15.1 Å². The van der Waals surface area contributed by atoms with Gasteiger partial charge in [-0.25, -0.2) is 13.8 Å². The van der Waals surface area contributed by atoms with Gasteiger partial charge < -0.3 is 19.3 Å². The maximum absolute atomic E-state index is 13.8. The summed E-state index contributed by atoms with van der Waals surface area (Å²) < 4.78 is 38.1. The number of carboxylic acids is 1. The first-order chi connectivity index (χ1) is 17.7. The molecule has 0 aliphatic heterocycles. The van der Waals surface area contributed by atoms with Crippen molar-refractivity contribution >= 4 is 35.0 Å². The Labute approximate surface area is 218 Å². The number of halogens is 2. The number of aryl methyl sites for hydroxylation is 1. The maximum atomic E-state index is 13.8. The smallest absolute Gasteiger partial charge is 0.323 e. The molecular weight excluding hydrogens is 526 g/mol. The molecule has 13 heteroatoms. The van der Waals surface area contributed by atoms with Gasteiger partial charge in [0.2, 0.25) is 5.89 Å². The Morgan fingerprint density at radius 2 is 1.89 bits per heavy atom. The average molecular weight is 547 g/mol. The topological polar surface area (TPSA) is 119 Å². The molecule has 2 heterocycles. The summed E-state index contributed by atoms with van der Waals surface area (Å²) in [6.45, 7) is 0.950. The fourth-order valence-corrected chi connectivity index (χ4v) is 4.66. The van der Waals surface area contributed by atoms with Gasteiger partial charge in [0.25, 0.3) is 5.91 Å². The molecule has 0 aliphatic carbocycles. The zero-order valence-electron chi connectivity index (χ0n) is 19.6. The summed E-state index contributed by atoms with van der Waals surface area (Å²) in [5, 5.41) is 14.9. The normalized spacial score (nSPS) is 10.9. The number of nitrogens with zero attached hydrogens (tertiary/aromatic N) is 4. The van der Waals surface area contributed by atoms with Crippen molar-refractivity contribution in [3.05, 3.63) is 75.8 Å². The molecule has 0 aliphatic rings. The van der Waals surface area contributed by atoms with E-state index in [1.54, 1.807) is 37.4 Å². The number of thioether (sulfide) groups is 1. The molecule has 1 amide bonds. The molecule has 0 saturated heterocycles. The minimum Gasteiger partial charge on any atom is -0.486 e. The molecule has 0 saturated carbocycles. The third kappa shape index (κ3) is 6.49. The Balaban J connectivity index is 1.41. The first-order valence-corrected chi connectivity index (χ1v) is 12.8. The fraction of sp³-hybridized carbons (Fsp3) is 0.208. The van der Waals surface area contributed by atoms with Gasteiger partial charge in [-0.1, -0.05) is 17.3 Å². The van der Waals surface area contributed by atoms with Crippen molar-refractivity contribution in [2.24, 2.45) is 0 Å². The highest BCUT2D eigenvalue weighted by Crippen LogP contribution is 2.33. The summed E-state index contributed by atoms with van der Waals surface area (Å²) in [4.78, 5) is 34.1. The van der Waals surface area contributed by atoms with Crippen molar-refractivity contribution < 1.29 is 32.7 Å². The van der Waals surface area contributed by atoms with Gasteiger partial charge in [-0.3, -0.25) is 9.59 Å². The maximum Gasteiger partial charge on any atom is 0.323 e. The van der Waals surface area contributed by atoms with Crippen LogP contribution in [-0.2, 0) is 17.9 Å². The van der Waals surface area contributed by atoms with Gasteiger partial charge >= 0.3 is 5.97 Å². The van der Waals surface area contributed by atoms with Crippen molar-refractivity contribution in [2.45, 2.75) is 25.0 Å². The van der Waals surface area contributed by atoms with Crippen molar-refractivity contribution in [3.8, 4) is 16.9 Å². The Morgan fingerprint density at radius 1 is 1.16 bits per heavy atom. The molecule has 0 atom stereocenters. The first-order valence-electron chi connectivity index (χ1n) is 10.7. The van der Waals surface area contributed by atoms with Crippen molar-refractivity contribution in [1.29, 1.82) is 0 Å². The summed E-state index contributed by atoms with van der Waals surface area (Å²) >= 11 is 2.51. The summed E-state index contributed by atoms with van der Waals surface area (Å²) in [6.07, 6.45) is 1.79. The average Bonchev–Trinajstić information content (AvgIpc) is 3.52. The lowest BCUT2D eigenvalue weighted by Gasteiger charge is -2.17. The third-order valence-corrected chi connectivity index (χ3v) is 6.65. The number of carbonyl (C=O) groups excluding carboxylic acids is 1. The van der Waals surface area contributed by atoms with E-state index in [1.165, 1.54) is 40.6 Å². The Hall–Kier alpha value is -3.84. The highest BCUT2D eigenvalue weighted by molar-refractivity contribution is 7.98. The van der Waals surface area contributed by atoms with Crippen LogP contribution in [0.5, 0.6) is 5.75 Å². The van der Waals surface area contributed by atoms with Crippen LogP contribution < -0.4 is 4.74 Å². The van der Waals surface area contributed by atoms with E-state index in [4.69, 9.17) is 9.26 Å². The number of carbonyl (C=O) groups is 2. The lowest BCUT2D eigenvalue weighted by Crippen LogP contribution is -2.35. The van der Waals surface area contributed by atoms with Crippen molar-refractivity contribution in [1.82, 2.24) is 20.0 Å². The van der Waals surface area contributed by atoms with E-state index < -0.39 is 30.1 Å². The molecular formula is C24H20F2N4O5S2. The highest BCUT2D eigenvalue weighted by atomic mass is 32.2. The Bertz CT molecular complexity index is 1430. The summed E-state index contributed by atoms with van der Waals surface area (Å²) in [7, 11) is 0. The van der Waals surface area contributed by atoms with Crippen LogP contribution in [0.3, 0.4) is 0 Å². The van der Waals surface area contributed by atoms with Crippen molar-refractivity contribution in [2.75, 3.05) is 12.8 Å². The van der Waals surface area contributed by atoms with Gasteiger partial charge in [0.15, 0.2) is 17.5 Å². The minimum absolute atomic E-state index is 0.0689. The van der Waals surface area contributed by atoms with Crippen LogP contribution in [0.2, 0.25) is 0 Å². The van der Waals surface area contributed by atoms with E-state index in [1.807, 2.05) is 0 Å². The molecule has 9 nitrogen and oxygen atoms in total. The SMILES string of the molecule is CSc1cc(F)c(F)cc1-c1ccc(OCc2nc(C(=O)N(CC(=O)O)Cc3nc(C)no3)cs2)cc1. The monoisotopic (exact) mass is 546 g/mol. The van der Waals surface area contributed by atoms with Gasteiger partial charge in [0, 0.05) is 10.3 Å². The summed E-state index contributed by atoms with van der Waals surface area (Å²) in [6, 6.07) is 9.20. The van der Waals surface area contributed by atoms with Gasteiger partial charge in [0.1, 0.15) is 36.1 Å². The van der Waals surface area contributed by atoms with E-state index >= 15 is 0 Å². The molecule has 0 fully saturated rings. The van der Waals surface area contributed by atoms with E-state index in [9.17, 15) is 23.5 Å². The molecule has 2 aromatic carbocycles. The zero-order valence-corrected chi connectivity index (χ0v) is 21.2. The number of ether oxygens (including phenoxy) is 1. The van der Waals surface area contributed by atoms with E-state index in [-0.39, 0.29) is 24.7 Å². The number of hydrogen-bond acceptors (Lipinski definition) is 9. The van der Waals surface area contributed by atoms with Gasteiger partial charge in [-0.05, 0) is 48.6 Å². The molecule has 0 unspecified atom stereocenters. The van der Waals surface area contributed by atoms with E-state index in [0.717, 1.165) is 4.90 Å². The van der Waals surface area contributed by atoms with Crippen LogP contribution in [0.1, 0.15) is 27.2 Å². The predicted octanol–water partition coefficient (Wildman–Crippen LogP) is 4.81. The van der Waals surface area contributed by atoms with Gasteiger partial charge in [-0.15, -0.1) is 23.1 Å². The van der Waals surface area contributed by atoms with E-state index in [0.29, 0.717) is 32.6 Å². The number of hydrogen-bond donors (Lipinski definition) is 1. The van der Waals surface area contributed by atoms with Crippen LogP contribution in [0.15, 0.2) is 51.2 Å². The third-order valence-electron chi connectivity index (χ3n) is 5.05. The number of carboxylic acid groups (broad SMARTS) is 1. The number of amides is 1. The molecule has 192 valence electrons. The number of aromatic nitrogens is 3. The lowest BCUT2D eigenvalue weighted by molar-refractivity contribution is -0.137. The summed E-state index contributed by atoms with van der Waals surface area (Å²) in [5.41, 5.74) is 1.34. The largest absolute Gasteiger partial charge is 0.486 e. The Kier molecular flexibility index (Phi) is 8.14. The van der Waals surface area contributed by atoms with Crippen LogP contribution in [0.4, 0.5) is 8.78 Å². The molecule has 37 heavy (non-hydrogen) atoms. The number of benzene rings is 2. The molecule has 4 rings (SSSR count). The predicted molar refractivity (Wildman–Crippen MR) is 131 cm³/mol. The molecule has 2 aromatic heterocycles. The molecule has 1 N–H and O–H groups in total. The number of rotatable bonds is 10. The molecule has 0 radical (unpaired) electrons. The molecule has 0 spiro atoms. The number of thiazole rings is 1. The van der Waals surface area contributed by atoms with Crippen LogP contribution in [-0.4, -0.2) is 49.8 Å². The Morgan fingerprint density at radius 3 is 2.54 bits per heavy atom. The highest BCUT2D eigenvalue weighted by Gasteiger charge is 2.23. The van der Waals surface area contributed by atoms with Gasteiger partial charge in [-0.2, -0.15) is 4.98 Å². The summed E-state index contributed by atoms with van der Waals surface area (Å²) in [5.74, 6) is -2.61. The second-order valence-electron chi connectivity index (χ2n) is 7.70.